The molecule has 0 aliphatic rings. The zero-order chi connectivity index (χ0) is 43.5. The summed E-state index contributed by atoms with van der Waals surface area (Å²) in [7, 11) is 5.38. The summed E-state index contributed by atoms with van der Waals surface area (Å²) < 4.78 is 17.1. The van der Waals surface area contributed by atoms with Crippen LogP contribution in [0.1, 0.15) is 168 Å². The fraction of sp³-hybridized carbons (Fsp3) is 0.667. The van der Waals surface area contributed by atoms with Crippen LogP contribution in [0.25, 0.3) is 0 Å². The Morgan fingerprint density at radius 1 is 0.525 bits per heavy atom. The van der Waals surface area contributed by atoms with Gasteiger partial charge in [-0.25, -0.2) is 0 Å². The van der Waals surface area contributed by atoms with E-state index < -0.39 is 18.1 Å². The highest BCUT2D eigenvalue weighted by Crippen LogP contribution is 2.12. The van der Waals surface area contributed by atoms with E-state index in [4.69, 9.17) is 14.2 Å². The lowest BCUT2D eigenvalue weighted by Gasteiger charge is -2.34. The number of unbranched alkanes of at least 4 members (excludes halogenated alkanes) is 12. The second-order valence-electron chi connectivity index (χ2n) is 16.3. The predicted molar refractivity (Wildman–Crippen MR) is 245 cm³/mol. The lowest BCUT2D eigenvalue weighted by Crippen LogP contribution is -2.55. The maximum atomic E-state index is 12.7. The molecule has 0 saturated carbocycles. The van der Waals surface area contributed by atoms with Crippen molar-refractivity contribution in [3.8, 4) is 0 Å². The Hall–Kier alpha value is -3.49. The third-order valence-corrected chi connectivity index (χ3v) is 9.77. The summed E-state index contributed by atoms with van der Waals surface area (Å²) >= 11 is 0. The lowest BCUT2D eigenvalue weighted by molar-refractivity contribution is -0.889. The minimum Gasteiger partial charge on any atom is -0.544 e. The minimum atomic E-state index is -1.14. The van der Waals surface area contributed by atoms with E-state index in [2.05, 4.69) is 98.9 Å². The molecule has 0 fully saturated rings. The number of hydrogen-bond donors (Lipinski definition) is 0. The van der Waals surface area contributed by atoms with Crippen molar-refractivity contribution in [2.24, 2.45) is 0 Å². The third-order valence-electron chi connectivity index (χ3n) is 9.77. The molecule has 0 spiro atoms. The molecule has 2 unspecified atom stereocenters. The lowest BCUT2D eigenvalue weighted by atomic mass is 10.1. The molecule has 0 bridgehead atoms. The number of ether oxygens (including phenoxy) is 3. The van der Waals surface area contributed by atoms with Crippen molar-refractivity contribution in [2.75, 3.05) is 41.0 Å². The molecule has 0 aromatic heterocycles. The van der Waals surface area contributed by atoms with Crippen LogP contribution >= 0.6 is 0 Å². The predicted octanol–water partition coefficient (Wildman–Crippen LogP) is 11.6. The van der Waals surface area contributed by atoms with Crippen LogP contribution in [0.5, 0.6) is 0 Å². The zero-order valence-electron chi connectivity index (χ0n) is 38.1. The number of likely N-dealkylation sites (N-methyl/N-ethyl adjacent to an activating group) is 1. The topological polar surface area (TPSA) is 102 Å². The van der Waals surface area contributed by atoms with E-state index in [0.29, 0.717) is 12.8 Å². The van der Waals surface area contributed by atoms with Crippen molar-refractivity contribution in [3.63, 3.8) is 0 Å². The molecule has 8 nitrogen and oxygen atoms in total. The number of aliphatic carboxylic acids is 1. The van der Waals surface area contributed by atoms with Gasteiger partial charge in [0.15, 0.2) is 6.10 Å². The molecule has 8 heteroatoms. The first-order valence-corrected chi connectivity index (χ1v) is 23.1. The number of nitrogens with zero attached hydrogens (tertiary/aromatic N) is 1. The zero-order valence-corrected chi connectivity index (χ0v) is 38.1. The Morgan fingerprint density at radius 2 is 0.949 bits per heavy atom. The first kappa shape index (κ1) is 55.5. The van der Waals surface area contributed by atoms with E-state index in [0.717, 1.165) is 96.3 Å². The van der Waals surface area contributed by atoms with Crippen molar-refractivity contribution < 1.29 is 38.2 Å². The van der Waals surface area contributed by atoms with Gasteiger partial charge in [0.2, 0.25) is 0 Å². The van der Waals surface area contributed by atoms with Crippen molar-refractivity contribution >= 4 is 17.9 Å². The number of allylic oxidation sites excluding steroid dienone is 14. The Morgan fingerprint density at radius 3 is 1.42 bits per heavy atom. The number of carbonyl (C=O) groups excluding carboxylic acids is 3. The maximum absolute atomic E-state index is 12.7. The van der Waals surface area contributed by atoms with E-state index >= 15 is 0 Å². The Kier molecular flexibility index (Phi) is 38.8. The molecule has 0 aromatic rings. The molecule has 0 N–H and O–H groups in total. The highest BCUT2D eigenvalue weighted by atomic mass is 16.6. The van der Waals surface area contributed by atoms with E-state index in [1.165, 1.54) is 32.1 Å². The first-order chi connectivity index (χ1) is 28.6. The Balaban J connectivity index is 4.43. The van der Waals surface area contributed by atoms with Crippen LogP contribution in [0.4, 0.5) is 0 Å². The standard InChI is InChI=1S/C51H85NO7/c1-6-8-10-12-14-16-18-20-22-24-25-26-28-30-32-34-36-38-40-42-50(54)59-47(45-57-44-43-48(51(55)56)52(3,4)5)46-58-49(53)41-39-37-35-33-31-29-27-23-21-19-17-15-13-11-9-7-2/h8,10,14,16-17,19-20,22-23,25-27,30,32,47-48H,6-7,9,11-13,15,18,21,24,28-29,31,33-46H2,1-5H3/b10-8-,16-14-,19-17-,22-20-,26-25-,27-23-,32-30-. The second-order valence-corrected chi connectivity index (χ2v) is 16.3. The van der Waals surface area contributed by atoms with E-state index in [9.17, 15) is 19.5 Å². The molecule has 0 heterocycles. The van der Waals surface area contributed by atoms with Gasteiger partial charge in [0.05, 0.1) is 40.3 Å². The second kappa shape index (κ2) is 41.3. The van der Waals surface area contributed by atoms with Gasteiger partial charge in [-0.2, -0.15) is 0 Å². The van der Waals surface area contributed by atoms with Gasteiger partial charge in [-0.1, -0.05) is 144 Å². The molecule has 0 amide bonds. The van der Waals surface area contributed by atoms with Crippen LogP contribution in [0.15, 0.2) is 85.1 Å². The summed E-state index contributed by atoms with van der Waals surface area (Å²) in [6.45, 7) is 4.47. The molecule has 0 rings (SSSR count). The molecule has 336 valence electrons. The number of carboxylic acid groups (broad SMARTS) is 1. The summed E-state index contributed by atoms with van der Waals surface area (Å²) in [5, 5.41) is 11.6. The Bertz CT molecular complexity index is 1240. The normalized spacial score (nSPS) is 13.7. The van der Waals surface area contributed by atoms with Crippen molar-refractivity contribution in [1.29, 1.82) is 0 Å². The van der Waals surface area contributed by atoms with Crippen molar-refractivity contribution in [1.82, 2.24) is 0 Å². The Labute approximate surface area is 361 Å². The van der Waals surface area contributed by atoms with E-state index in [1.807, 2.05) is 0 Å². The van der Waals surface area contributed by atoms with Crippen LogP contribution in [-0.2, 0) is 28.6 Å². The van der Waals surface area contributed by atoms with Crippen LogP contribution in [-0.4, -0.2) is 75.5 Å². The first-order valence-electron chi connectivity index (χ1n) is 23.1. The smallest absolute Gasteiger partial charge is 0.306 e. The minimum absolute atomic E-state index is 0.0176. The highest BCUT2D eigenvalue weighted by molar-refractivity contribution is 5.70. The van der Waals surface area contributed by atoms with E-state index in [-0.39, 0.29) is 49.1 Å². The van der Waals surface area contributed by atoms with Crippen LogP contribution in [0.2, 0.25) is 0 Å². The molecule has 2 atom stereocenters. The van der Waals surface area contributed by atoms with Gasteiger partial charge in [0, 0.05) is 19.3 Å². The number of carbonyl (C=O) groups is 3. The average molecular weight is 824 g/mol. The van der Waals surface area contributed by atoms with Crippen LogP contribution in [0.3, 0.4) is 0 Å². The molecule has 0 saturated heterocycles. The molecule has 59 heavy (non-hydrogen) atoms. The quantitative estimate of drug-likeness (QED) is 0.0262. The highest BCUT2D eigenvalue weighted by Gasteiger charge is 2.25. The molecular formula is C51H85NO7. The summed E-state index contributed by atoms with van der Waals surface area (Å²) in [5.41, 5.74) is 0. The monoisotopic (exact) mass is 824 g/mol. The van der Waals surface area contributed by atoms with Crippen LogP contribution in [0, 0.1) is 0 Å². The number of esters is 2. The SMILES string of the molecule is CC/C=C\C/C=C\C/C=C\C/C=C\C/C=C\CCCCCC(=O)OC(COCCC(C(=O)[O-])[N+](C)(C)C)COC(=O)CCCCCCC/C=C\C/C=C\CCCCCC. The number of quaternary nitrogens is 1. The number of rotatable bonds is 40. The molecule has 0 aliphatic carbocycles. The van der Waals surface area contributed by atoms with Crippen molar-refractivity contribution in [3.05, 3.63) is 85.1 Å². The van der Waals surface area contributed by atoms with Gasteiger partial charge in [0.25, 0.3) is 0 Å². The molecular weight excluding hydrogens is 739 g/mol. The average Bonchev–Trinajstić information content (AvgIpc) is 3.19. The molecule has 0 aromatic carbocycles. The summed E-state index contributed by atoms with van der Waals surface area (Å²) in [4.78, 5) is 36.9. The summed E-state index contributed by atoms with van der Waals surface area (Å²) in [6, 6.07) is -0.739. The fourth-order valence-corrected chi connectivity index (χ4v) is 6.18. The van der Waals surface area contributed by atoms with E-state index in [1.54, 1.807) is 21.1 Å². The van der Waals surface area contributed by atoms with Crippen LogP contribution < -0.4 is 5.11 Å². The van der Waals surface area contributed by atoms with Gasteiger partial charge in [-0.05, 0) is 89.9 Å². The van der Waals surface area contributed by atoms with Gasteiger partial charge in [-0.15, -0.1) is 0 Å². The molecule has 0 aliphatic heterocycles. The number of hydrogen-bond acceptors (Lipinski definition) is 7. The van der Waals surface area contributed by atoms with Crippen molar-refractivity contribution in [2.45, 2.75) is 180 Å². The molecule has 0 radical (unpaired) electrons. The largest absolute Gasteiger partial charge is 0.544 e. The van der Waals surface area contributed by atoms with Gasteiger partial charge in [0.1, 0.15) is 12.6 Å². The van der Waals surface area contributed by atoms with Gasteiger partial charge < -0.3 is 28.6 Å². The fourth-order valence-electron chi connectivity index (χ4n) is 6.18. The van der Waals surface area contributed by atoms with Gasteiger partial charge in [-0.3, -0.25) is 9.59 Å². The van der Waals surface area contributed by atoms with Gasteiger partial charge >= 0.3 is 11.9 Å². The summed E-state index contributed by atoms with van der Waals surface area (Å²) in [6.07, 6.45) is 53.2. The number of carboxylic acids is 1. The third kappa shape index (κ3) is 39.7. The maximum Gasteiger partial charge on any atom is 0.306 e. The summed E-state index contributed by atoms with van der Waals surface area (Å²) in [5.74, 6) is -1.81.